The van der Waals surface area contributed by atoms with Crippen molar-refractivity contribution in [1.82, 2.24) is 0 Å². The summed E-state index contributed by atoms with van der Waals surface area (Å²) in [5.41, 5.74) is 0.523. The van der Waals surface area contributed by atoms with Crippen LogP contribution in [0.1, 0.15) is 37.9 Å². The molecular weight excluding hydrogens is 247 g/mol. The zero-order valence-electron chi connectivity index (χ0n) is 9.16. The largest absolute Gasteiger partial charge is 0.390 e. The van der Waals surface area contributed by atoms with Crippen LogP contribution in [-0.2, 0) is 0 Å². The van der Waals surface area contributed by atoms with Gasteiger partial charge >= 0.3 is 0 Å². The molecule has 0 aliphatic carbocycles. The summed E-state index contributed by atoms with van der Waals surface area (Å²) in [6.45, 7) is 2.04. The number of aliphatic hydroxyl groups excluding tert-OH is 2. The molecule has 2 nitrogen and oxygen atoms in total. The van der Waals surface area contributed by atoms with Crippen molar-refractivity contribution in [2.45, 2.75) is 38.4 Å². The van der Waals surface area contributed by atoms with Crippen LogP contribution in [0.5, 0.6) is 0 Å². The van der Waals surface area contributed by atoms with Crippen LogP contribution in [0, 0.1) is 0 Å². The quantitative estimate of drug-likeness (QED) is 0.852. The van der Waals surface area contributed by atoms with Crippen LogP contribution in [0.4, 0.5) is 0 Å². The van der Waals surface area contributed by atoms with Gasteiger partial charge in [0.2, 0.25) is 0 Å². The molecule has 4 heteroatoms. The number of unbranched alkanes of at least 4 members (excludes halogenated alkanes) is 1. The van der Waals surface area contributed by atoms with Gasteiger partial charge in [0.05, 0.1) is 6.10 Å². The van der Waals surface area contributed by atoms with Crippen LogP contribution in [0.3, 0.4) is 0 Å². The molecule has 0 saturated carbocycles. The molecule has 0 fully saturated rings. The Kier molecular flexibility index (Phi) is 5.56. The maximum Gasteiger partial charge on any atom is 0.106 e. The summed E-state index contributed by atoms with van der Waals surface area (Å²) in [4.78, 5) is 0. The van der Waals surface area contributed by atoms with Gasteiger partial charge in [0, 0.05) is 15.6 Å². The molecule has 0 bridgehead atoms. The second-order valence-electron chi connectivity index (χ2n) is 3.82. The summed E-state index contributed by atoms with van der Waals surface area (Å²) in [5, 5.41) is 20.6. The predicted molar refractivity (Wildman–Crippen MR) is 67.0 cm³/mol. The third kappa shape index (κ3) is 3.63. The summed E-state index contributed by atoms with van der Waals surface area (Å²) in [6.07, 6.45) is 0.702. The van der Waals surface area contributed by atoms with Gasteiger partial charge in [-0.05, 0) is 18.6 Å². The first-order chi connectivity index (χ1) is 7.56. The van der Waals surface area contributed by atoms with Crippen molar-refractivity contribution in [2.24, 2.45) is 0 Å². The number of rotatable bonds is 5. The summed E-state index contributed by atoms with van der Waals surface area (Å²) >= 11 is 11.7. The fourth-order valence-corrected chi connectivity index (χ4v) is 2.04. The Morgan fingerprint density at radius 2 is 1.94 bits per heavy atom. The van der Waals surface area contributed by atoms with Gasteiger partial charge in [-0.25, -0.2) is 0 Å². The van der Waals surface area contributed by atoms with E-state index in [1.807, 2.05) is 6.92 Å². The molecule has 2 unspecified atom stereocenters. The molecule has 0 heterocycles. The van der Waals surface area contributed by atoms with Crippen molar-refractivity contribution in [2.75, 3.05) is 0 Å². The number of hydrogen-bond donors (Lipinski definition) is 2. The van der Waals surface area contributed by atoms with Crippen LogP contribution in [0.15, 0.2) is 18.2 Å². The van der Waals surface area contributed by atoms with E-state index in [2.05, 4.69) is 0 Å². The molecule has 1 aromatic rings. The number of benzene rings is 1. The first-order valence-electron chi connectivity index (χ1n) is 5.37. The second-order valence-corrected chi connectivity index (χ2v) is 4.66. The highest BCUT2D eigenvalue weighted by Crippen LogP contribution is 2.29. The Labute approximate surface area is 106 Å². The molecule has 1 rings (SSSR count). The predicted octanol–water partition coefficient (Wildman–Crippen LogP) is 3.58. The van der Waals surface area contributed by atoms with E-state index in [4.69, 9.17) is 23.2 Å². The zero-order chi connectivity index (χ0) is 12.1. The Bertz CT molecular complexity index is 342. The standard InChI is InChI=1S/C12H16Cl2O2/c1-2-3-4-11(15)12(16)9-6-5-8(13)7-10(9)14/h5-7,11-12,15-16H,2-4H2,1H3. The maximum absolute atomic E-state index is 9.91. The van der Waals surface area contributed by atoms with Crippen LogP contribution < -0.4 is 0 Å². The third-order valence-electron chi connectivity index (χ3n) is 2.50. The SMILES string of the molecule is CCCCC(O)C(O)c1ccc(Cl)cc1Cl. The van der Waals surface area contributed by atoms with Crippen LogP contribution in [0.25, 0.3) is 0 Å². The highest BCUT2D eigenvalue weighted by Gasteiger charge is 2.20. The van der Waals surface area contributed by atoms with Crippen molar-refractivity contribution in [3.63, 3.8) is 0 Å². The molecule has 2 atom stereocenters. The lowest BCUT2D eigenvalue weighted by molar-refractivity contribution is 0.0123. The van der Waals surface area contributed by atoms with E-state index in [1.165, 1.54) is 0 Å². The Hall–Kier alpha value is -0.280. The van der Waals surface area contributed by atoms with E-state index in [9.17, 15) is 10.2 Å². The lowest BCUT2D eigenvalue weighted by Crippen LogP contribution is -2.18. The van der Waals surface area contributed by atoms with Gasteiger partial charge in [-0.3, -0.25) is 0 Å². The van der Waals surface area contributed by atoms with Gasteiger partial charge < -0.3 is 10.2 Å². The first-order valence-corrected chi connectivity index (χ1v) is 6.13. The van der Waals surface area contributed by atoms with Gasteiger partial charge in [0.25, 0.3) is 0 Å². The number of halogens is 2. The maximum atomic E-state index is 9.91. The zero-order valence-corrected chi connectivity index (χ0v) is 10.7. The van der Waals surface area contributed by atoms with Crippen LogP contribution in [0.2, 0.25) is 10.0 Å². The normalized spacial score (nSPS) is 14.8. The molecule has 0 spiro atoms. The van der Waals surface area contributed by atoms with Gasteiger partial charge in [-0.2, -0.15) is 0 Å². The van der Waals surface area contributed by atoms with Crippen molar-refractivity contribution >= 4 is 23.2 Å². The van der Waals surface area contributed by atoms with E-state index >= 15 is 0 Å². The third-order valence-corrected chi connectivity index (χ3v) is 3.06. The molecule has 0 aromatic heterocycles. The Morgan fingerprint density at radius 3 is 2.50 bits per heavy atom. The molecular formula is C12H16Cl2O2. The molecule has 0 radical (unpaired) electrons. The summed E-state index contributed by atoms with van der Waals surface area (Å²) in [5.74, 6) is 0. The Morgan fingerprint density at radius 1 is 1.25 bits per heavy atom. The van der Waals surface area contributed by atoms with Crippen molar-refractivity contribution in [3.05, 3.63) is 33.8 Å². The van der Waals surface area contributed by atoms with E-state index in [-0.39, 0.29) is 0 Å². The molecule has 0 aliphatic heterocycles. The van der Waals surface area contributed by atoms with E-state index < -0.39 is 12.2 Å². The van der Waals surface area contributed by atoms with Crippen molar-refractivity contribution < 1.29 is 10.2 Å². The summed E-state index contributed by atoms with van der Waals surface area (Å²) < 4.78 is 0. The average Bonchev–Trinajstić information content (AvgIpc) is 2.25. The Balaban J connectivity index is 2.75. The van der Waals surface area contributed by atoms with Gasteiger partial charge in [-0.1, -0.05) is 49.0 Å². The van der Waals surface area contributed by atoms with Gasteiger partial charge in [-0.15, -0.1) is 0 Å². The highest BCUT2D eigenvalue weighted by atomic mass is 35.5. The molecule has 0 saturated heterocycles. The fourth-order valence-electron chi connectivity index (χ4n) is 1.52. The van der Waals surface area contributed by atoms with Gasteiger partial charge in [0.1, 0.15) is 6.10 Å². The average molecular weight is 263 g/mol. The fraction of sp³-hybridized carbons (Fsp3) is 0.500. The first kappa shape index (κ1) is 13.8. The second kappa shape index (κ2) is 6.45. The minimum Gasteiger partial charge on any atom is -0.390 e. The van der Waals surface area contributed by atoms with E-state index in [0.717, 1.165) is 12.8 Å². The van der Waals surface area contributed by atoms with Crippen molar-refractivity contribution in [3.8, 4) is 0 Å². The molecule has 0 aliphatic rings. The molecule has 1 aromatic carbocycles. The van der Waals surface area contributed by atoms with Crippen LogP contribution in [-0.4, -0.2) is 16.3 Å². The highest BCUT2D eigenvalue weighted by molar-refractivity contribution is 6.35. The lowest BCUT2D eigenvalue weighted by Gasteiger charge is -2.19. The topological polar surface area (TPSA) is 40.5 Å². The van der Waals surface area contributed by atoms with Crippen molar-refractivity contribution in [1.29, 1.82) is 0 Å². The van der Waals surface area contributed by atoms with Crippen LogP contribution >= 0.6 is 23.2 Å². The van der Waals surface area contributed by atoms with E-state index in [0.29, 0.717) is 22.0 Å². The number of aliphatic hydroxyl groups is 2. The minimum atomic E-state index is -0.948. The lowest BCUT2D eigenvalue weighted by atomic mass is 10.0. The molecule has 2 N–H and O–H groups in total. The van der Waals surface area contributed by atoms with E-state index in [1.54, 1.807) is 18.2 Å². The number of hydrogen-bond acceptors (Lipinski definition) is 2. The summed E-state index contributed by atoms with van der Waals surface area (Å²) in [7, 11) is 0. The molecule has 90 valence electrons. The molecule has 16 heavy (non-hydrogen) atoms. The van der Waals surface area contributed by atoms with Gasteiger partial charge in [0.15, 0.2) is 0 Å². The minimum absolute atomic E-state index is 0.385. The smallest absolute Gasteiger partial charge is 0.106 e. The molecule has 0 amide bonds. The monoisotopic (exact) mass is 262 g/mol. The summed E-state index contributed by atoms with van der Waals surface area (Å²) in [6, 6.07) is 4.86.